The first-order valence-corrected chi connectivity index (χ1v) is 11.3. The van der Waals surface area contributed by atoms with E-state index in [0.29, 0.717) is 5.92 Å². The zero-order valence-electron chi connectivity index (χ0n) is 18.5. The first kappa shape index (κ1) is 20.7. The number of allylic oxidation sites excluding steroid dienone is 6. The minimum Gasteiger partial charge on any atom is -0.347 e. The molecule has 1 heterocycles. The van der Waals surface area contributed by atoms with Crippen LogP contribution in [0, 0.1) is 34.0 Å². The largest absolute Gasteiger partial charge is 0.347 e. The molecule has 1 unspecified atom stereocenters. The average Bonchev–Trinajstić information content (AvgIpc) is 3.21. The van der Waals surface area contributed by atoms with Crippen molar-refractivity contribution in [1.82, 2.24) is 0 Å². The Morgan fingerprint density at radius 2 is 1.86 bits per heavy atom. The number of hydrogen-bond acceptors (Lipinski definition) is 2. The highest BCUT2D eigenvalue weighted by molar-refractivity contribution is 5.46. The summed E-state index contributed by atoms with van der Waals surface area (Å²) < 4.78 is 12.5. The number of hydrogen-bond donors (Lipinski definition) is 0. The van der Waals surface area contributed by atoms with Crippen molar-refractivity contribution in [2.75, 3.05) is 13.2 Å². The van der Waals surface area contributed by atoms with Gasteiger partial charge in [0.1, 0.15) is 0 Å². The summed E-state index contributed by atoms with van der Waals surface area (Å²) in [6.07, 6.45) is 16.1. The molecule has 4 rings (SSSR count). The summed E-state index contributed by atoms with van der Waals surface area (Å²) in [5.74, 6) is 7.20. The van der Waals surface area contributed by atoms with E-state index in [2.05, 4.69) is 51.8 Å². The summed E-state index contributed by atoms with van der Waals surface area (Å²) in [5, 5.41) is 0. The number of ether oxygens (including phenoxy) is 2. The molecule has 3 fully saturated rings. The summed E-state index contributed by atoms with van der Waals surface area (Å²) in [6.45, 7) is 16.6. The molecular weight excluding hydrogens is 356 g/mol. The maximum atomic E-state index is 6.24. The van der Waals surface area contributed by atoms with Crippen molar-refractivity contribution in [2.45, 2.75) is 71.5 Å². The highest BCUT2D eigenvalue weighted by Gasteiger charge is 2.66. The molecular formula is C27H36O2. The van der Waals surface area contributed by atoms with Gasteiger partial charge in [-0.15, -0.1) is 0 Å². The van der Waals surface area contributed by atoms with E-state index < -0.39 is 0 Å². The molecule has 0 aromatic rings. The number of rotatable bonds is 2. The molecule has 1 spiro atoms. The predicted molar refractivity (Wildman–Crippen MR) is 119 cm³/mol. The molecule has 3 aliphatic carbocycles. The molecule has 0 bridgehead atoms. The monoisotopic (exact) mass is 392 g/mol. The van der Waals surface area contributed by atoms with Gasteiger partial charge in [0.15, 0.2) is 5.79 Å². The van der Waals surface area contributed by atoms with Crippen LogP contribution < -0.4 is 0 Å². The second-order valence-corrected chi connectivity index (χ2v) is 9.88. The van der Waals surface area contributed by atoms with E-state index in [9.17, 15) is 0 Å². The lowest BCUT2D eigenvalue weighted by Crippen LogP contribution is -2.62. The molecule has 0 amide bonds. The molecule has 0 aromatic heterocycles. The molecule has 2 nitrogen and oxygen atoms in total. The van der Waals surface area contributed by atoms with Gasteiger partial charge in [-0.1, -0.05) is 64.0 Å². The highest BCUT2D eigenvalue weighted by Crippen LogP contribution is 2.71. The molecule has 0 N–H and O–H groups in total. The Morgan fingerprint density at radius 3 is 2.55 bits per heavy atom. The van der Waals surface area contributed by atoms with Crippen LogP contribution in [0.4, 0.5) is 0 Å². The minimum atomic E-state index is -0.377. The zero-order valence-corrected chi connectivity index (χ0v) is 18.5. The van der Waals surface area contributed by atoms with Crippen molar-refractivity contribution >= 4 is 0 Å². The summed E-state index contributed by atoms with van der Waals surface area (Å²) in [7, 11) is 0. The molecule has 2 saturated carbocycles. The Hall–Kier alpha value is -1.56. The number of fused-ring (bicyclic) bond motifs is 3. The lowest BCUT2D eigenvalue weighted by atomic mass is 9.40. The molecule has 0 radical (unpaired) electrons. The van der Waals surface area contributed by atoms with Crippen molar-refractivity contribution < 1.29 is 9.47 Å². The smallest absolute Gasteiger partial charge is 0.171 e. The van der Waals surface area contributed by atoms with E-state index in [0.717, 1.165) is 38.0 Å². The van der Waals surface area contributed by atoms with Gasteiger partial charge in [0, 0.05) is 17.9 Å². The second kappa shape index (κ2) is 7.29. The van der Waals surface area contributed by atoms with Crippen molar-refractivity contribution in [2.24, 2.45) is 22.2 Å². The Balaban J connectivity index is 1.76. The Bertz CT molecular complexity index is 815. The molecule has 156 valence electrons. The summed E-state index contributed by atoms with van der Waals surface area (Å²) >= 11 is 0. The maximum Gasteiger partial charge on any atom is 0.171 e. The fraction of sp³-hybridized carbons (Fsp3) is 0.630. The fourth-order valence-electron chi connectivity index (χ4n) is 6.83. The molecule has 4 atom stereocenters. The van der Waals surface area contributed by atoms with E-state index in [-0.39, 0.29) is 22.0 Å². The van der Waals surface area contributed by atoms with Crippen LogP contribution in [0.1, 0.15) is 65.7 Å². The van der Waals surface area contributed by atoms with Gasteiger partial charge in [-0.3, -0.25) is 0 Å². The van der Waals surface area contributed by atoms with Gasteiger partial charge in [0.25, 0.3) is 0 Å². The lowest BCUT2D eigenvalue weighted by Gasteiger charge is -2.65. The van der Waals surface area contributed by atoms with Crippen molar-refractivity contribution in [1.29, 1.82) is 0 Å². The van der Waals surface area contributed by atoms with Gasteiger partial charge in [-0.25, -0.2) is 0 Å². The Labute approximate surface area is 177 Å². The first-order chi connectivity index (χ1) is 13.9. The van der Waals surface area contributed by atoms with E-state index in [1.54, 1.807) is 11.6 Å². The van der Waals surface area contributed by atoms with Gasteiger partial charge < -0.3 is 9.47 Å². The lowest BCUT2D eigenvalue weighted by molar-refractivity contribution is -0.268. The SMILES string of the molecule is C=C/C=C(/C#C[C@]12CCCC=C1[C@@]1(C)CCC3(OCCO3)C(C)[C@]1(C)CC2)C=C. The van der Waals surface area contributed by atoms with E-state index in [1.807, 2.05) is 12.2 Å². The first-order valence-electron chi connectivity index (χ1n) is 11.3. The fourth-order valence-corrected chi connectivity index (χ4v) is 6.83. The molecule has 0 aromatic carbocycles. The maximum absolute atomic E-state index is 6.24. The molecule has 4 aliphatic rings. The standard InChI is InChI=1S/C27H36O2/c1-6-10-22(7-2)12-14-26-13-9-8-11-23(26)25(5)16-18-27(28-19-20-29-27)21(3)24(25,4)15-17-26/h6-7,10-11,21H,1-2,8-9,13,15-20H2,3-5H3/b22-10+/t21?,24-,25+,26-/m0/s1. The van der Waals surface area contributed by atoms with Crippen LogP contribution in [0.2, 0.25) is 0 Å². The predicted octanol–water partition coefficient (Wildman–Crippen LogP) is 6.36. The molecule has 1 saturated heterocycles. The summed E-state index contributed by atoms with van der Waals surface area (Å²) in [4.78, 5) is 0. The van der Waals surface area contributed by atoms with Crippen molar-refractivity contribution in [3.8, 4) is 11.8 Å². The second-order valence-electron chi connectivity index (χ2n) is 9.88. The zero-order chi connectivity index (χ0) is 20.8. The highest BCUT2D eigenvalue weighted by atomic mass is 16.7. The van der Waals surface area contributed by atoms with Crippen LogP contribution in [0.25, 0.3) is 0 Å². The van der Waals surface area contributed by atoms with Gasteiger partial charge in [0.05, 0.1) is 18.6 Å². The average molecular weight is 393 g/mol. The van der Waals surface area contributed by atoms with Crippen LogP contribution in [-0.4, -0.2) is 19.0 Å². The van der Waals surface area contributed by atoms with Crippen molar-refractivity contribution in [3.63, 3.8) is 0 Å². The van der Waals surface area contributed by atoms with Gasteiger partial charge >= 0.3 is 0 Å². The van der Waals surface area contributed by atoms with E-state index in [1.165, 1.54) is 25.7 Å². The van der Waals surface area contributed by atoms with Crippen LogP contribution in [0.15, 0.2) is 48.6 Å². The van der Waals surface area contributed by atoms with E-state index >= 15 is 0 Å². The van der Waals surface area contributed by atoms with Gasteiger partial charge in [-0.05, 0) is 61.0 Å². The third kappa shape index (κ3) is 2.93. The van der Waals surface area contributed by atoms with Crippen LogP contribution in [-0.2, 0) is 9.47 Å². The Kier molecular flexibility index (Phi) is 5.21. The van der Waals surface area contributed by atoms with Crippen LogP contribution in [0.5, 0.6) is 0 Å². The molecule has 2 heteroatoms. The van der Waals surface area contributed by atoms with E-state index in [4.69, 9.17) is 9.47 Å². The minimum absolute atomic E-state index is 0.00259. The Morgan fingerprint density at radius 1 is 1.10 bits per heavy atom. The molecule has 29 heavy (non-hydrogen) atoms. The van der Waals surface area contributed by atoms with Gasteiger partial charge in [-0.2, -0.15) is 0 Å². The van der Waals surface area contributed by atoms with Crippen LogP contribution in [0.3, 0.4) is 0 Å². The van der Waals surface area contributed by atoms with Crippen molar-refractivity contribution in [3.05, 3.63) is 48.6 Å². The third-order valence-electron chi connectivity index (χ3n) is 8.93. The quantitative estimate of drug-likeness (QED) is 0.309. The van der Waals surface area contributed by atoms with Crippen LogP contribution >= 0.6 is 0 Å². The summed E-state index contributed by atoms with van der Waals surface area (Å²) in [6, 6.07) is 0. The normalized spacial score (nSPS) is 40.9. The molecule has 1 aliphatic heterocycles. The summed E-state index contributed by atoms with van der Waals surface area (Å²) in [5.41, 5.74) is 2.84. The topological polar surface area (TPSA) is 18.5 Å². The van der Waals surface area contributed by atoms with Gasteiger partial charge in [0.2, 0.25) is 0 Å². The third-order valence-corrected chi connectivity index (χ3v) is 8.93.